The molecule has 3 aromatic rings. The van der Waals surface area contributed by atoms with E-state index in [1.165, 1.54) is 6.92 Å². The van der Waals surface area contributed by atoms with Gasteiger partial charge in [0.25, 0.3) is 0 Å². The Morgan fingerprint density at radius 1 is 0.769 bits per heavy atom. The van der Waals surface area contributed by atoms with Gasteiger partial charge in [0.15, 0.2) is 0 Å². The lowest BCUT2D eigenvalue weighted by Gasteiger charge is -2.16. The summed E-state index contributed by atoms with van der Waals surface area (Å²) in [6.07, 6.45) is 0. The number of hydrogen-bond acceptors (Lipinski definition) is 3. The number of anilines is 3. The predicted octanol–water partition coefficient (Wildman–Crippen LogP) is 4.24. The summed E-state index contributed by atoms with van der Waals surface area (Å²) in [6.45, 7) is 3.25. The largest absolute Gasteiger partial charge is 0.374 e. The first-order valence-corrected chi connectivity index (χ1v) is 8.45. The number of carbonyl (C=O) groups is 2. The first-order valence-electron chi connectivity index (χ1n) is 8.45. The lowest BCUT2D eigenvalue weighted by molar-refractivity contribution is -0.116. The van der Waals surface area contributed by atoms with E-state index in [0.717, 1.165) is 22.1 Å². The number of nitrogens with one attached hydrogen (secondary N) is 3. The van der Waals surface area contributed by atoms with Crippen LogP contribution < -0.4 is 16.0 Å². The number of amides is 2. The van der Waals surface area contributed by atoms with Crippen LogP contribution in [0.1, 0.15) is 13.8 Å². The van der Waals surface area contributed by atoms with Crippen molar-refractivity contribution in [1.29, 1.82) is 0 Å². The van der Waals surface area contributed by atoms with Crippen LogP contribution in [0, 0.1) is 0 Å². The van der Waals surface area contributed by atoms with Crippen LogP contribution in [0.25, 0.3) is 10.8 Å². The van der Waals surface area contributed by atoms with E-state index < -0.39 is 6.04 Å². The van der Waals surface area contributed by atoms with Crippen molar-refractivity contribution in [3.05, 3.63) is 66.7 Å². The zero-order chi connectivity index (χ0) is 18.5. The van der Waals surface area contributed by atoms with Gasteiger partial charge in [-0.05, 0) is 48.0 Å². The molecule has 0 spiro atoms. The maximum absolute atomic E-state index is 12.5. The van der Waals surface area contributed by atoms with E-state index in [1.807, 2.05) is 54.6 Å². The van der Waals surface area contributed by atoms with E-state index in [9.17, 15) is 9.59 Å². The van der Waals surface area contributed by atoms with Gasteiger partial charge in [-0.15, -0.1) is 0 Å². The molecule has 132 valence electrons. The van der Waals surface area contributed by atoms with Gasteiger partial charge in [0.05, 0.1) is 0 Å². The Bertz CT molecular complexity index is 953. The van der Waals surface area contributed by atoms with Crippen molar-refractivity contribution in [1.82, 2.24) is 0 Å². The second kappa shape index (κ2) is 7.70. The van der Waals surface area contributed by atoms with E-state index in [2.05, 4.69) is 16.0 Å². The first-order chi connectivity index (χ1) is 12.5. The van der Waals surface area contributed by atoms with Gasteiger partial charge in [0.1, 0.15) is 6.04 Å². The fourth-order valence-electron chi connectivity index (χ4n) is 2.72. The molecular weight excluding hydrogens is 326 g/mol. The van der Waals surface area contributed by atoms with Crippen molar-refractivity contribution in [2.45, 2.75) is 19.9 Å². The molecule has 3 rings (SSSR count). The molecule has 3 aromatic carbocycles. The van der Waals surface area contributed by atoms with Crippen LogP contribution in [-0.2, 0) is 9.59 Å². The third kappa shape index (κ3) is 4.39. The zero-order valence-corrected chi connectivity index (χ0v) is 14.7. The quantitative estimate of drug-likeness (QED) is 0.646. The van der Waals surface area contributed by atoms with E-state index >= 15 is 0 Å². The summed E-state index contributed by atoms with van der Waals surface area (Å²) in [7, 11) is 0. The van der Waals surface area contributed by atoms with E-state index in [4.69, 9.17) is 0 Å². The van der Waals surface area contributed by atoms with Crippen LogP contribution >= 0.6 is 0 Å². The van der Waals surface area contributed by atoms with Crippen LogP contribution in [-0.4, -0.2) is 17.9 Å². The third-order valence-electron chi connectivity index (χ3n) is 3.98. The molecule has 0 saturated heterocycles. The molecule has 2 amide bonds. The molecule has 0 saturated carbocycles. The third-order valence-corrected chi connectivity index (χ3v) is 3.98. The fraction of sp³-hybridized carbons (Fsp3) is 0.143. The van der Waals surface area contributed by atoms with Crippen LogP contribution in [0.2, 0.25) is 0 Å². The van der Waals surface area contributed by atoms with Gasteiger partial charge in [-0.2, -0.15) is 0 Å². The van der Waals surface area contributed by atoms with Crippen molar-refractivity contribution in [2.24, 2.45) is 0 Å². The van der Waals surface area contributed by atoms with Crippen LogP contribution in [0.4, 0.5) is 17.1 Å². The predicted molar refractivity (Wildman–Crippen MR) is 106 cm³/mol. The fourth-order valence-corrected chi connectivity index (χ4v) is 2.72. The van der Waals surface area contributed by atoms with E-state index in [-0.39, 0.29) is 11.8 Å². The highest BCUT2D eigenvalue weighted by Gasteiger charge is 2.13. The Morgan fingerprint density at radius 2 is 1.46 bits per heavy atom. The lowest BCUT2D eigenvalue weighted by atomic mass is 10.1. The first kappa shape index (κ1) is 17.5. The minimum absolute atomic E-state index is 0.134. The SMILES string of the molecule is CC(=O)Nc1cccc(N[C@H](C)C(=O)Nc2ccc3ccccc3c2)c1. The molecule has 0 bridgehead atoms. The van der Waals surface area contributed by atoms with Crippen molar-refractivity contribution >= 4 is 39.6 Å². The second-order valence-electron chi connectivity index (χ2n) is 6.18. The lowest BCUT2D eigenvalue weighted by Crippen LogP contribution is -2.31. The number of fused-ring (bicyclic) bond motifs is 1. The molecule has 0 fully saturated rings. The normalized spacial score (nSPS) is 11.6. The van der Waals surface area contributed by atoms with Crippen LogP contribution in [0.15, 0.2) is 66.7 Å². The molecule has 0 aliphatic rings. The smallest absolute Gasteiger partial charge is 0.246 e. The number of benzene rings is 3. The molecule has 3 N–H and O–H groups in total. The maximum atomic E-state index is 12.5. The maximum Gasteiger partial charge on any atom is 0.246 e. The van der Waals surface area contributed by atoms with Crippen molar-refractivity contribution in [3.63, 3.8) is 0 Å². The van der Waals surface area contributed by atoms with Crippen LogP contribution in [0.5, 0.6) is 0 Å². The highest BCUT2D eigenvalue weighted by Crippen LogP contribution is 2.20. The summed E-state index contributed by atoms with van der Waals surface area (Å²) >= 11 is 0. The summed E-state index contributed by atoms with van der Waals surface area (Å²) < 4.78 is 0. The highest BCUT2D eigenvalue weighted by molar-refractivity contribution is 5.98. The molecule has 0 aromatic heterocycles. The molecule has 26 heavy (non-hydrogen) atoms. The molecule has 0 aliphatic carbocycles. The van der Waals surface area contributed by atoms with Gasteiger partial charge in [0, 0.05) is 24.0 Å². The number of hydrogen-bond donors (Lipinski definition) is 3. The van der Waals surface area contributed by atoms with Gasteiger partial charge >= 0.3 is 0 Å². The monoisotopic (exact) mass is 347 g/mol. The average Bonchev–Trinajstić information content (AvgIpc) is 2.61. The molecule has 5 heteroatoms. The summed E-state index contributed by atoms with van der Waals surface area (Å²) in [5.74, 6) is -0.269. The van der Waals surface area contributed by atoms with Crippen molar-refractivity contribution in [3.8, 4) is 0 Å². The Kier molecular flexibility index (Phi) is 5.17. The molecule has 0 aliphatic heterocycles. The van der Waals surface area contributed by atoms with Crippen LogP contribution in [0.3, 0.4) is 0 Å². The summed E-state index contributed by atoms with van der Waals surface area (Å²) in [4.78, 5) is 23.6. The Morgan fingerprint density at radius 3 is 2.23 bits per heavy atom. The molecule has 0 heterocycles. The topological polar surface area (TPSA) is 70.2 Å². The minimum Gasteiger partial charge on any atom is -0.374 e. The summed E-state index contributed by atoms with van der Waals surface area (Å²) in [6, 6.07) is 20.7. The molecular formula is C21H21N3O2. The highest BCUT2D eigenvalue weighted by atomic mass is 16.2. The van der Waals surface area contributed by atoms with Gasteiger partial charge in [-0.1, -0.05) is 36.4 Å². The van der Waals surface area contributed by atoms with E-state index in [1.54, 1.807) is 19.1 Å². The molecule has 5 nitrogen and oxygen atoms in total. The summed E-state index contributed by atoms with van der Waals surface area (Å²) in [5, 5.41) is 11.0. The Labute approximate surface area is 152 Å². The van der Waals surface area contributed by atoms with E-state index in [0.29, 0.717) is 5.69 Å². The number of rotatable bonds is 5. The minimum atomic E-state index is -0.436. The molecule has 1 atom stereocenters. The number of carbonyl (C=O) groups excluding carboxylic acids is 2. The average molecular weight is 347 g/mol. The van der Waals surface area contributed by atoms with Crippen molar-refractivity contribution < 1.29 is 9.59 Å². The second-order valence-corrected chi connectivity index (χ2v) is 6.18. The van der Waals surface area contributed by atoms with Gasteiger partial charge in [-0.25, -0.2) is 0 Å². The molecule has 0 radical (unpaired) electrons. The Hall–Kier alpha value is -3.34. The van der Waals surface area contributed by atoms with Gasteiger partial charge < -0.3 is 16.0 Å². The standard InChI is InChI=1S/C21H21N3O2/c1-14(22-18-8-5-9-19(13-18)23-15(2)25)21(26)24-20-11-10-16-6-3-4-7-17(16)12-20/h3-14,22H,1-2H3,(H,23,25)(H,24,26)/t14-/m1/s1. The molecule has 0 unspecified atom stereocenters. The van der Waals surface area contributed by atoms with Gasteiger partial charge in [0.2, 0.25) is 11.8 Å². The zero-order valence-electron chi connectivity index (χ0n) is 14.7. The van der Waals surface area contributed by atoms with Crippen molar-refractivity contribution in [2.75, 3.05) is 16.0 Å². The Balaban J connectivity index is 1.66. The van der Waals surface area contributed by atoms with Gasteiger partial charge in [-0.3, -0.25) is 9.59 Å². The summed E-state index contributed by atoms with van der Waals surface area (Å²) in [5.41, 5.74) is 2.20.